The summed E-state index contributed by atoms with van der Waals surface area (Å²) in [6.07, 6.45) is 15.6. The van der Waals surface area contributed by atoms with E-state index in [1.807, 2.05) is 0 Å². The lowest BCUT2D eigenvalue weighted by Gasteiger charge is -2.44. The van der Waals surface area contributed by atoms with E-state index in [9.17, 15) is 0 Å². The molecular formula is C32H38Br2Si. The molecule has 0 bridgehead atoms. The molecule has 4 aliphatic carbocycles. The highest BCUT2D eigenvalue weighted by Gasteiger charge is 2.51. The molecule has 184 valence electrons. The Balaban J connectivity index is 1.54. The Kier molecular flexibility index (Phi) is 6.38. The minimum atomic E-state index is -1.82. The third-order valence-electron chi connectivity index (χ3n) is 10.1. The fraction of sp³-hybridized carbons (Fsp3) is 0.500. The molecular weight excluding hydrogens is 572 g/mol. The zero-order valence-corrected chi connectivity index (χ0v) is 26.0. The highest BCUT2D eigenvalue weighted by molar-refractivity contribution is 9.10. The van der Waals surface area contributed by atoms with E-state index in [4.69, 9.17) is 0 Å². The number of halogens is 2. The predicted molar refractivity (Wildman–Crippen MR) is 161 cm³/mol. The van der Waals surface area contributed by atoms with Gasteiger partial charge in [0.05, 0.1) is 8.07 Å². The number of fused-ring (bicyclic) bond motifs is 6. The summed E-state index contributed by atoms with van der Waals surface area (Å²) in [5.74, 6) is 0. The summed E-state index contributed by atoms with van der Waals surface area (Å²) >= 11 is 8.08. The summed E-state index contributed by atoms with van der Waals surface area (Å²) in [7, 11) is -1.82. The first-order valence-corrected chi connectivity index (χ1v) is 18.1. The summed E-state index contributed by atoms with van der Waals surface area (Å²) in [5, 5.41) is 0. The Hall–Kier alpha value is -0.903. The Labute approximate surface area is 230 Å². The summed E-state index contributed by atoms with van der Waals surface area (Å²) in [6, 6.07) is 7.78. The van der Waals surface area contributed by atoms with Crippen molar-refractivity contribution >= 4 is 52.1 Å². The molecule has 0 fully saturated rings. The van der Waals surface area contributed by atoms with Crippen LogP contribution in [0.3, 0.4) is 0 Å². The van der Waals surface area contributed by atoms with Gasteiger partial charge in [-0.05, 0) is 122 Å². The van der Waals surface area contributed by atoms with Gasteiger partial charge < -0.3 is 0 Å². The number of rotatable bonds is 4. The summed E-state index contributed by atoms with van der Waals surface area (Å²) in [4.78, 5) is 0. The molecule has 0 heterocycles. The van der Waals surface area contributed by atoms with Gasteiger partial charge in [0.15, 0.2) is 0 Å². The standard InChI is InChI=1S/C32H38Br2Si/c1-5-35(6-2,31-19(3)15-25-21-11-7-9-13-23(21)29(33)17-27(25)31)32-20(4)16-26-22-12-8-10-14-24(22)30(34)18-28(26)32/h15-18,31-32H,5-14H2,1-4H3. The highest BCUT2D eigenvalue weighted by Crippen LogP contribution is 2.57. The predicted octanol–water partition coefficient (Wildman–Crippen LogP) is 10.2. The molecule has 0 amide bonds. The second-order valence-electron chi connectivity index (χ2n) is 11.6. The van der Waals surface area contributed by atoms with Gasteiger partial charge >= 0.3 is 0 Å². The maximum atomic E-state index is 4.04. The lowest BCUT2D eigenvalue weighted by molar-refractivity contribution is 0.680. The minimum Gasteiger partial charge on any atom is -0.0679 e. The molecule has 0 spiro atoms. The Morgan fingerprint density at radius 2 is 1.03 bits per heavy atom. The Bertz CT molecular complexity index is 1180. The molecule has 0 aliphatic heterocycles. The number of hydrogen-bond donors (Lipinski definition) is 0. The fourth-order valence-corrected chi connectivity index (χ4v) is 16.1. The smallest absolute Gasteiger partial charge is 0.0679 e. The molecule has 4 aliphatic rings. The van der Waals surface area contributed by atoms with Gasteiger partial charge in [-0.25, -0.2) is 0 Å². The number of benzene rings is 2. The van der Waals surface area contributed by atoms with Gasteiger partial charge in [0.25, 0.3) is 0 Å². The van der Waals surface area contributed by atoms with Crippen molar-refractivity contribution in [3.63, 3.8) is 0 Å². The van der Waals surface area contributed by atoms with Crippen LogP contribution in [-0.2, 0) is 25.7 Å². The van der Waals surface area contributed by atoms with E-state index >= 15 is 0 Å². The van der Waals surface area contributed by atoms with Crippen LogP contribution in [0, 0.1) is 0 Å². The lowest BCUT2D eigenvalue weighted by atomic mass is 9.87. The van der Waals surface area contributed by atoms with E-state index < -0.39 is 8.07 Å². The first-order valence-electron chi connectivity index (χ1n) is 14.0. The van der Waals surface area contributed by atoms with Crippen LogP contribution in [0.2, 0.25) is 12.1 Å². The van der Waals surface area contributed by atoms with Crippen molar-refractivity contribution in [3.05, 3.63) is 76.7 Å². The van der Waals surface area contributed by atoms with Crippen molar-refractivity contribution in [1.82, 2.24) is 0 Å². The Morgan fingerprint density at radius 3 is 1.40 bits per heavy atom. The zero-order chi connectivity index (χ0) is 24.5. The summed E-state index contributed by atoms with van der Waals surface area (Å²) in [5.41, 5.74) is 17.5. The van der Waals surface area contributed by atoms with Crippen molar-refractivity contribution in [2.24, 2.45) is 0 Å². The largest absolute Gasteiger partial charge is 0.0776 e. The monoisotopic (exact) mass is 608 g/mol. The zero-order valence-electron chi connectivity index (χ0n) is 21.8. The minimum absolute atomic E-state index is 0.616. The van der Waals surface area contributed by atoms with Gasteiger partial charge in [0.2, 0.25) is 0 Å². The van der Waals surface area contributed by atoms with Crippen LogP contribution < -0.4 is 0 Å². The third-order valence-corrected chi connectivity index (χ3v) is 18.0. The van der Waals surface area contributed by atoms with Crippen LogP contribution in [0.5, 0.6) is 0 Å². The molecule has 2 unspecified atom stereocenters. The van der Waals surface area contributed by atoms with E-state index in [0.29, 0.717) is 11.1 Å². The quantitative estimate of drug-likeness (QED) is 0.302. The van der Waals surface area contributed by atoms with E-state index in [1.165, 1.54) is 72.4 Å². The van der Waals surface area contributed by atoms with Crippen molar-refractivity contribution < 1.29 is 0 Å². The molecule has 0 nitrogen and oxygen atoms in total. The molecule has 0 N–H and O–H groups in total. The fourth-order valence-electron chi connectivity index (χ4n) is 8.57. The van der Waals surface area contributed by atoms with E-state index in [0.717, 1.165) is 0 Å². The van der Waals surface area contributed by atoms with E-state index in [-0.39, 0.29) is 0 Å². The molecule has 0 aromatic heterocycles. The SMILES string of the molecule is CC[Si](CC)(C1C(C)=Cc2c1cc(Br)c1c2CCCC1)C1C(C)=Cc2c1cc(Br)c1c2CCCC1. The van der Waals surface area contributed by atoms with Crippen LogP contribution in [-0.4, -0.2) is 8.07 Å². The average molecular weight is 611 g/mol. The second-order valence-corrected chi connectivity index (χ2v) is 18.4. The molecule has 6 rings (SSSR count). The van der Waals surface area contributed by atoms with Crippen LogP contribution in [0.15, 0.2) is 32.2 Å². The van der Waals surface area contributed by atoms with Gasteiger partial charge in [0, 0.05) is 20.0 Å². The second kappa shape index (κ2) is 9.13. The van der Waals surface area contributed by atoms with Crippen LogP contribution in [0.25, 0.3) is 12.2 Å². The van der Waals surface area contributed by atoms with Gasteiger partial charge in [0.1, 0.15) is 0 Å². The third kappa shape index (κ3) is 3.54. The molecule has 2 aromatic carbocycles. The molecule has 0 radical (unpaired) electrons. The lowest BCUT2D eigenvalue weighted by Crippen LogP contribution is -2.47. The highest BCUT2D eigenvalue weighted by atomic mass is 79.9. The van der Waals surface area contributed by atoms with Crippen molar-refractivity contribution in [3.8, 4) is 0 Å². The molecule has 3 heteroatoms. The van der Waals surface area contributed by atoms with E-state index in [2.05, 4.69) is 83.8 Å². The van der Waals surface area contributed by atoms with Crippen LogP contribution in [0.4, 0.5) is 0 Å². The van der Waals surface area contributed by atoms with E-state index in [1.54, 1.807) is 55.7 Å². The van der Waals surface area contributed by atoms with Crippen molar-refractivity contribution in [1.29, 1.82) is 0 Å². The van der Waals surface area contributed by atoms with Gasteiger partial charge in [-0.15, -0.1) is 0 Å². The molecule has 2 atom stereocenters. The van der Waals surface area contributed by atoms with Gasteiger partial charge in [-0.2, -0.15) is 0 Å². The van der Waals surface area contributed by atoms with Crippen LogP contribution >= 0.6 is 31.9 Å². The first kappa shape index (κ1) is 24.4. The topological polar surface area (TPSA) is 0 Å². The molecule has 35 heavy (non-hydrogen) atoms. The molecule has 0 saturated heterocycles. The van der Waals surface area contributed by atoms with Gasteiger partial charge in [-0.3, -0.25) is 0 Å². The summed E-state index contributed by atoms with van der Waals surface area (Å²) < 4.78 is 2.76. The molecule has 2 aromatic rings. The number of allylic oxidation sites excluding steroid dienone is 2. The van der Waals surface area contributed by atoms with Crippen molar-refractivity contribution in [2.75, 3.05) is 0 Å². The first-order chi connectivity index (χ1) is 16.9. The van der Waals surface area contributed by atoms with Gasteiger partial charge in [-0.1, -0.05) is 81.1 Å². The maximum absolute atomic E-state index is 4.04. The average Bonchev–Trinajstić information content (AvgIpc) is 3.38. The van der Waals surface area contributed by atoms with Crippen LogP contribution in [0.1, 0.15) is 109 Å². The summed E-state index contributed by atoms with van der Waals surface area (Å²) in [6.45, 7) is 9.96. The normalized spacial score (nSPS) is 22.8. The maximum Gasteiger partial charge on any atom is 0.0776 e. The Morgan fingerprint density at radius 1 is 0.657 bits per heavy atom. The number of hydrogen-bond acceptors (Lipinski definition) is 0. The van der Waals surface area contributed by atoms with Crippen molar-refractivity contribution in [2.45, 2.75) is 102 Å². The molecule has 0 saturated carbocycles.